The molecule has 2 amide bonds. The Morgan fingerprint density at radius 3 is 2.40 bits per heavy atom. The summed E-state index contributed by atoms with van der Waals surface area (Å²) in [7, 11) is 0. The molecule has 30 heavy (non-hydrogen) atoms. The van der Waals surface area contributed by atoms with Crippen LogP contribution in [0.5, 0.6) is 0 Å². The molecule has 2 aliphatic heterocycles. The number of fused-ring (bicyclic) bond motifs is 1. The van der Waals surface area contributed by atoms with Crippen LogP contribution in [0.1, 0.15) is 48.0 Å². The highest BCUT2D eigenvalue weighted by Gasteiger charge is 2.46. The molecule has 3 aliphatic rings. The summed E-state index contributed by atoms with van der Waals surface area (Å²) in [6.07, 6.45) is 3.11. The third-order valence-corrected chi connectivity index (χ3v) is 5.66. The second-order valence-corrected chi connectivity index (χ2v) is 8.00. The summed E-state index contributed by atoms with van der Waals surface area (Å²) in [5.74, 6) is -1.71. The number of carboxylic acids is 1. The molecule has 1 saturated carbocycles. The molecular formula is C20H24F3N3O4. The number of carbonyl (C=O) groups is 3. The third kappa shape index (κ3) is 5.09. The van der Waals surface area contributed by atoms with Crippen LogP contribution in [0.3, 0.4) is 0 Å². The number of hydrogen-bond donors (Lipinski definition) is 1. The zero-order chi connectivity index (χ0) is 22.1. The Kier molecular flexibility index (Phi) is 6.33. The first-order valence-electron chi connectivity index (χ1n) is 9.90. The van der Waals surface area contributed by atoms with E-state index in [0.29, 0.717) is 17.9 Å². The number of piperidine rings is 1. The molecule has 2 saturated heterocycles. The number of aryl methyl sites for hydroxylation is 1. The number of aromatic nitrogens is 1. The maximum Gasteiger partial charge on any atom is 0.490 e. The molecule has 0 bridgehead atoms. The Morgan fingerprint density at radius 2 is 1.83 bits per heavy atom. The predicted molar refractivity (Wildman–Crippen MR) is 99.6 cm³/mol. The molecule has 1 aromatic heterocycles. The first-order chi connectivity index (χ1) is 14.1. The second kappa shape index (κ2) is 8.61. The van der Waals surface area contributed by atoms with E-state index in [1.54, 1.807) is 12.4 Å². The van der Waals surface area contributed by atoms with Crippen LogP contribution in [0, 0.1) is 12.8 Å². The number of alkyl halides is 3. The van der Waals surface area contributed by atoms with Crippen molar-refractivity contribution in [2.75, 3.05) is 13.1 Å². The summed E-state index contributed by atoms with van der Waals surface area (Å²) < 4.78 is 31.7. The molecule has 0 radical (unpaired) electrons. The van der Waals surface area contributed by atoms with Crippen LogP contribution in [-0.4, -0.2) is 69.0 Å². The Morgan fingerprint density at radius 1 is 1.17 bits per heavy atom. The lowest BCUT2D eigenvalue weighted by molar-refractivity contribution is -0.192. The third-order valence-electron chi connectivity index (χ3n) is 5.66. The average Bonchev–Trinajstić information content (AvgIpc) is 3.39. The quantitative estimate of drug-likeness (QED) is 0.801. The summed E-state index contributed by atoms with van der Waals surface area (Å²) in [5.41, 5.74) is 1.66. The highest BCUT2D eigenvalue weighted by molar-refractivity contribution is 5.94. The summed E-state index contributed by atoms with van der Waals surface area (Å²) in [4.78, 5) is 42.3. The first kappa shape index (κ1) is 22.0. The number of carbonyl (C=O) groups excluding carboxylic acids is 2. The fourth-order valence-electron chi connectivity index (χ4n) is 4.05. The fraction of sp³-hybridized carbons (Fsp3) is 0.600. The molecule has 7 nitrogen and oxygen atoms in total. The maximum atomic E-state index is 12.9. The van der Waals surface area contributed by atoms with Crippen molar-refractivity contribution < 1.29 is 32.7 Å². The number of likely N-dealkylation sites (tertiary alicyclic amines) is 2. The highest BCUT2D eigenvalue weighted by atomic mass is 19.4. The zero-order valence-electron chi connectivity index (χ0n) is 16.6. The molecule has 1 aromatic rings. The lowest BCUT2D eigenvalue weighted by Gasteiger charge is -2.40. The van der Waals surface area contributed by atoms with Crippen LogP contribution >= 0.6 is 0 Å². The number of nitrogens with zero attached hydrogens (tertiary/aromatic N) is 3. The van der Waals surface area contributed by atoms with Gasteiger partial charge >= 0.3 is 12.1 Å². The van der Waals surface area contributed by atoms with Gasteiger partial charge in [-0.15, -0.1) is 0 Å². The van der Waals surface area contributed by atoms with Crippen LogP contribution in [0.4, 0.5) is 13.2 Å². The van der Waals surface area contributed by atoms with Gasteiger partial charge in [0.1, 0.15) is 0 Å². The van der Waals surface area contributed by atoms with Crippen LogP contribution in [0.15, 0.2) is 18.5 Å². The molecule has 1 N–H and O–H groups in total. The molecule has 10 heteroatoms. The van der Waals surface area contributed by atoms with Crippen molar-refractivity contribution >= 4 is 17.8 Å². The van der Waals surface area contributed by atoms with Gasteiger partial charge in [0.2, 0.25) is 5.91 Å². The molecule has 0 unspecified atom stereocenters. The Bertz CT molecular complexity index is 826. The molecule has 164 valence electrons. The smallest absolute Gasteiger partial charge is 0.475 e. The van der Waals surface area contributed by atoms with Gasteiger partial charge in [-0.25, -0.2) is 4.79 Å². The Hall–Kier alpha value is -2.65. The van der Waals surface area contributed by atoms with E-state index in [2.05, 4.69) is 9.88 Å². The Balaban J connectivity index is 0.000000318. The number of hydrogen-bond acceptors (Lipinski definition) is 4. The van der Waals surface area contributed by atoms with Gasteiger partial charge in [-0.2, -0.15) is 13.2 Å². The number of carboxylic acid groups (broad SMARTS) is 1. The molecule has 1 aliphatic carbocycles. The monoisotopic (exact) mass is 427 g/mol. The SMILES string of the molecule is Cc1cncc(C(=O)N2CC[C@H]3[C@@H]2CCC(=O)N3CC2CC2)c1.O=C(O)C(F)(F)F. The van der Waals surface area contributed by atoms with Crippen molar-refractivity contribution in [2.24, 2.45) is 5.92 Å². The van der Waals surface area contributed by atoms with E-state index in [1.807, 2.05) is 17.9 Å². The van der Waals surface area contributed by atoms with Crippen molar-refractivity contribution in [3.05, 3.63) is 29.6 Å². The summed E-state index contributed by atoms with van der Waals surface area (Å²) >= 11 is 0. The van der Waals surface area contributed by atoms with E-state index >= 15 is 0 Å². The number of pyridine rings is 1. The lowest BCUT2D eigenvalue weighted by Crippen LogP contribution is -2.53. The zero-order valence-corrected chi connectivity index (χ0v) is 16.6. The van der Waals surface area contributed by atoms with Gasteiger partial charge in [-0.1, -0.05) is 0 Å². The normalized spacial score (nSPS) is 23.5. The minimum Gasteiger partial charge on any atom is -0.475 e. The van der Waals surface area contributed by atoms with Crippen LogP contribution in [-0.2, 0) is 9.59 Å². The van der Waals surface area contributed by atoms with E-state index < -0.39 is 12.1 Å². The van der Waals surface area contributed by atoms with Gasteiger partial charge in [0, 0.05) is 31.9 Å². The fourth-order valence-corrected chi connectivity index (χ4v) is 4.05. The molecule has 3 heterocycles. The van der Waals surface area contributed by atoms with Crippen molar-refractivity contribution in [3.63, 3.8) is 0 Å². The van der Waals surface area contributed by atoms with Crippen LogP contribution in [0.2, 0.25) is 0 Å². The van der Waals surface area contributed by atoms with Crippen LogP contribution < -0.4 is 0 Å². The predicted octanol–water partition coefficient (Wildman–Crippen LogP) is 2.64. The minimum absolute atomic E-state index is 0.0643. The molecule has 3 fully saturated rings. The number of aliphatic carboxylic acids is 1. The van der Waals surface area contributed by atoms with Gasteiger partial charge in [-0.3, -0.25) is 14.6 Å². The molecule has 0 aromatic carbocycles. The topological polar surface area (TPSA) is 90.8 Å². The van der Waals surface area contributed by atoms with Crippen molar-refractivity contribution in [3.8, 4) is 0 Å². The van der Waals surface area contributed by atoms with Crippen molar-refractivity contribution in [2.45, 2.75) is 57.3 Å². The Labute approximate surface area is 171 Å². The largest absolute Gasteiger partial charge is 0.490 e. The number of halogens is 3. The molecule has 4 rings (SSSR count). The van der Waals surface area contributed by atoms with E-state index in [9.17, 15) is 22.8 Å². The van der Waals surface area contributed by atoms with Gasteiger partial charge < -0.3 is 14.9 Å². The molecular weight excluding hydrogens is 403 g/mol. The standard InChI is InChI=1S/C18H23N3O2.C2HF3O2/c1-12-8-14(10-19-9-12)18(23)20-7-6-16-15(20)4-5-17(22)21(16)11-13-2-3-13;3-2(4,5)1(6)7/h8-10,13,15-16H,2-7,11H2,1H3;(H,6,7)/t15-,16-;/m0./s1. The first-order valence-corrected chi connectivity index (χ1v) is 9.90. The van der Waals surface area contributed by atoms with E-state index in [0.717, 1.165) is 31.5 Å². The van der Waals surface area contributed by atoms with Crippen molar-refractivity contribution in [1.29, 1.82) is 0 Å². The summed E-state index contributed by atoms with van der Waals surface area (Å²) in [5, 5.41) is 7.12. The van der Waals surface area contributed by atoms with Gasteiger partial charge in [0.25, 0.3) is 5.91 Å². The molecule has 2 atom stereocenters. The second-order valence-electron chi connectivity index (χ2n) is 8.00. The van der Waals surface area contributed by atoms with Crippen LogP contribution in [0.25, 0.3) is 0 Å². The van der Waals surface area contributed by atoms with Gasteiger partial charge in [-0.05, 0) is 50.2 Å². The summed E-state index contributed by atoms with van der Waals surface area (Å²) in [6.45, 7) is 3.60. The minimum atomic E-state index is -5.08. The lowest BCUT2D eigenvalue weighted by atomic mass is 9.95. The number of amides is 2. The highest BCUT2D eigenvalue weighted by Crippen LogP contribution is 2.37. The maximum absolute atomic E-state index is 12.9. The van der Waals surface area contributed by atoms with Crippen molar-refractivity contribution in [1.82, 2.24) is 14.8 Å². The van der Waals surface area contributed by atoms with Gasteiger partial charge in [0.05, 0.1) is 17.6 Å². The molecule has 0 spiro atoms. The van der Waals surface area contributed by atoms with E-state index in [4.69, 9.17) is 9.90 Å². The van der Waals surface area contributed by atoms with E-state index in [1.165, 1.54) is 12.8 Å². The average molecular weight is 427 g/mol. The van der Waals surface area contributed by atoms with E-state index in [-0.39, 0.29) is 23.9 Å². The summed E-state index contributed by atoms with van der Waals surface area (Å²) in [6, 6.07) is 2.30. The number of rotatable bonds is 3. The van der Waals surface area contributed by atoms with Gasteiger partial charge in [0.15, 0.2) is 0 Å².